The van der Waals surface area contributed by atoms with Gasteiger partial charge in [0.1, 0.15) is 12.4 Å². The van der Waals surface area contributed by atoms with Gasteiger partial charge in [0.2, 0.25) is 0 Å². The minimum atomic E-state index is -0.905. The Kier molecular flexibility index (Phi) is 8.97. The van der Waals surface area contributed by atoms with Crippen molar-refractivity contribution >= 4 is 29.9 Å². The van der Waals surface area contributed by atoms with Crippen molar-refractivity contribution in [3.05, 3.63) is 29.8 Å². The Morgan fingerprint density at radius 3 is 2.74 bits per heavy atom. The summed E-state index contributed by atoms with van der Waals surface area (Å²) in [6, 6.07) is 4.07. The van der Waals surface area contributed by atoms with E-state index in [4.69, 9.17) is 9.47 Å². The second-order valence-electron chi connectivity index (χ2n) is 6.44. The van der Waals surface area contributed by atoms with Gasteiger partial charge in [0.25, 0.3) is 0 Å². The molecule has 2 aliphatic heterocycles. The van der Waals surface area contributed by atoms with Gasteiger partial charge in [0.05, 0.1) is 19.8 Å². The Hall–Kier alpha value is -1.20. The minimum Gasteiger partial charge on any atom is -0.492 e. The third kappa shape index (κ3) is 6.15. The van der Waals surface area contributed by atoms with Crippen molar-refractivity contribution in [3.63, 3.8) is 0 Å². The predicted octanol–water partition coefficient (Wildman–Crippen LogP) is 1.94. The molecule has 9 heteroatoms. The number of nitrogens with one attached hydrogen (secondary N) is 1. The van der Waals surface area contributed by atoms with E-state index >= 15 is 0 Å². The smallest absolute Gasteiger partial charge is 0.193 e. The van der Waals surface area contributed by atoms with Crippen LogP contribution in [0.1, 0.15) is 6.42 Å². The summed E-state index contributed by atoms with van der Waals surface area (Å²) in [5, 5.41) is 3.27. The highest BCUT2D eigenvalue weighted by molar-refractivity contribution is 14.0. The number of guanidine groups is 1. The highest BCUT2D eigenvalue weighted by Gasteiger charge is 2.30. The summed E-state index contributed by atoms with van der Waals surface area (Å²) >= 11 is 0. The summed E-state index contributed by atoms with van der Waals surface area (Å²) in [7, 11) is 1.76. The van der Waals surface area contributed by atoms with Crippen LogP contribution in [-0.4, -0.2) is 81.4 Å². The molecule has 2 aliphatic rings. The fraction of sp³-hybridized carbons (Fsp3) is 0.611. The van der Waals surface area contributed by atoms with Crippen LogP contribution in [0, 0.1) is 11.6 Å². The molecule has 3 rings (SSSR count). The largest absolute Gasteiger partial charge is 0.492 e. The molecule has 0 aromatic heterocycles. The molecule has 6 nitrogen and oxygen atoms in total. The zero-order valence-electron chi connectivity index (χ0n) is 15.5. The predicted molar refractivity (Wildman–Crippen MR) is 111 cm³/mol. The first-order valence-electron chi connectivity index (χ1n) is 9.02. The van der Waals surface area contributed by atoms with Gasteiger partial charge in [-0.25, -0.2) is 8.78 Å². The summed E-state index contributed by atoms with van der Waals surface area (Å²) in [5.41, 5.74) is 0. The van der Waals surface area contributed by atoms with Crippen LogP contribution in [0.15, 0.2) is 23.2 Å². The molecule has 0 aliphatic carbocycles. The summed E-state index contributed by atoms with van der Waals surface area (Å²) in [6.45, 7) is 6.39. The topological polar surface area (TPSA) is 49.3 Å². The van der Waals surface area contributed by atoms with Gasteiger partial charge in [0.15, 0.2) is 17.6 Å². The first-order chi connectivity index (χ1) is 12.7. The molecular formula is C18H27F2IN4O2. The molecule has 2 saturated heterocycles. The quantitative estimate of drug-likeness (QED) is 0.293. The minimum absolute atomic E-state index is 0. The van der Waals surface area contributed by atoms with Gasteiger partial charge < -0.3 is 19.7 Å². The summed E-state index contributed by atoms with van der Waals surface area (Å²) in [4.78, 5) is 9.08. The molecule has 0 spiro atoms. The van der Waals surface area contributed by atoms with Crippen molar-refractivity contribution in [1.29, 1.82) is 0 Å². The van der Waals surface area contributed by atoms with Crippen LogP contribution in [0.4, 0.5) is 8.78 Å². The zero-order valence-corrected chi connectivity index (χ0v) is 17.8. The Balaban J connectivity index is 0.00000261. The molecule has 2 heterocycles. The van der Waals surface area contributed by atoms with Gasteiger partial charge in [0, 0.05) is 45.3 Å². The molecule has 1 unspecified atom stereocenters. The number of aliphatic imine (C=N–C) groups is 1. The van der Waals surface area contributed by atoms with E-state index in [1.54, 1.807) is 7.05 Å². The molecule has 0 amide bonds. The van der Waals surface area contributed by atoms with Crippen molar-refractivity contribution in [3.8, 4) is 5.75 Å². The Labute approximate surface area is 175 Å². The fourth-order valence-electron chi connectivity index (χ4n) is 3.41. The van der Waals surface area contributed by atoms with Crippen LogP contribution in [0.2, 0.25) is 0 Å². The van der Waals surface area contributed by atoms with Gasteiger partial charge in [-0.1, -0.05) is 0 Å². The molecular weight excluding hydrogens is 469 g/mol. The molecule has 152 valence electrons. The second kappa shape index (κ2) is 11.0. The zero-order chi connectivity index (χ0) is 18.4. The van der Waals surface area contributed by atoms with Crippen molar-refractivity contribution in [2.45, 2.75) is 12.5 Å². The summed E-state index contributed by atoms with van der Waals surface area (Å²) < 4.78 is 36.9. The first-order valence-corrected chi connectivity index (χ1v) is 9.02. The van der Waals surface area contributed by atoms with Gasteiger partial charge in [-0.15, -0.1) is 24.0 Å². The Morgan fingerprint density at radius 2 is 2.04 bits per heavy atom. The van der Waals surface area contributed by atoms with Crippen molar-refractivity contribution < 1.29 is 18.3 Å². The lowest BCUT2D eigenvalue weighted by molar-refractivity contribution is 0.0195. The van der Waals surface area contributed by atoms with E-state index in [0.29, 0.717) is 24.9 Å². The monoisotopic (exact) mass is 496 g/mol. The number of halogens is 3. The number of hydrogen-bond acceptors (Lipinski definition) is 4. The summed E-state index contributed by atoms with van der Waals surface area (Å²) in [5.74, 6) is -0.624. The molecule has 1 aromatic rings. The third-order valence-electron chi connectivity index (χ3n) is 4.78. The highest BCUT2D eigenvalue weighted by atomic mass is 127. The molecule has 1 aromatic carbocycles. The standard InChI is InChI=1S/C18H26F2N4O2.HI/c1-21-18(22-5-9-26-15-2-3-16(19)17(20)12-15)24-6-4-14(13-24)23-7-10-25-11-8-23;/h2-3,12,14H,4-11,13H2,1H3,(H,21,22);1H. The van der Waals surface area contributed by atoms with E-state index in [-0.39, 0.29) is 24.0 Å². The lowest BCUT2D eigenvalue weighted by atomic mass is 10.2. The number of nitrogens with zero attached hydrogens (tertiary/aromatic N) is 3. The SMILES string of the molecule is CN=C(NCCOc1ccc(F)c(F)c1)N1CCC(N2CCOCC2)C1.I. The van der Waals surface area contributed by atoms with E-state index in [1.807, 2.05) is 0 Å². The normalized spacial score (nSPS) is 21.1. The average Bonchev–Trinajstić information content (AvgIpc) is 3.15. The third-order valence-corrected chi connectivity index (χ3v) is 4.78. The molecule has 0 bridgehead atoms. The number of likely N-dealkylation sites (tertiary alicyclic amines) is 1. The van der Waals surface area contributed by atoms with Gasteiger partial charge >= 0.3 is 0 Å². The van der Waals surface area contributed by atoms with Crippen LogP contribution in [0.3, 0.4) is 0 Å². The molecule has 0 saturated carbocycles. The van der Waals surface area contributed by atoms with Crippen LogP contribution in [-0.2, 0) is 4.74 Å². The second-order valence-corrected chi connectivity index (χ2v) is 6.44. The number of hydrogen-bond donors (Lipinski definition) is 1. The van der Waals surface area contributed by atoms with Gasteiger partial charge in [-0.05, 0) is 18.6 Å². The van der Waals surface area contributed by atoms with E-state index in [2.05, 4.69) is 20.1 Å². The fourth-order valence-corrected chi connectivity index (χ4v) is 3.41. The number of morpholine rings is 1. The molecule has 2 fully saturated rings. The maximum Gasteiger partial charge on any atom is 0.193 e. The maximum absolute atomic E-state index is 13.2. The van der Waals surface area contributed by atoms with Gasteiger partial charge in [-0.2, -0.15) is 0 Å². The van der Waals surface area contributed by atoms with Crippen molar-refractivity contribution in [2.75, 3.05) is 59.6 Å². The van der Waals surface area contributed by atoms with E-state index in [9.17, 15) is 8.78 Å². The number of benzene rings is 1. The number of rotatable bonds is 5. The highest BCUT2D eigenvalue weighted by Crippen LogP contribution is 2.17. The van der Waals surface area contributed by atoms with E-state index < -0.39 is 11.6 Å². The summed E-state index contributed by atoms with van der Waals surface area (Å²) in [6.07, 6.45) is 1.12. The van der Waals surface area contributed by atoms with E-state index in [1.165, 1.54) is 6.07 Å². The molecule has 0 radical (unpaired) electrons. The average molecular weight is 496 g/mol. The van der Waals surface area contributed by atoms with Crippen molar-refractivity contribution in [1.82, 2.24) is 15.1 Å². The van der Waals surface area contributed by atoms with E-state index in [0.717, 1.165) is 63.9 Å². The van der Waals surface area contributed by atoms with Crippen LogP contribution < -0.4 is 10.1 Å². The molecule has 1 atom stereocenters. The Bertz CT molecular complexity index is 629. The lowest BCUT2D eigenvalue weighted by Crippen LogP contribution is -2.47. The van der Waals surface area contributed by atoms with Gasteiger partial charge in [-0.3, -0.25) is 9.89 Å². The van der Waals surface area contributed by atoms with Crippen molar-refractivity contribution in [2.24, 2.45) is 4.99 Å². The van der Waals surface area contributed by atoms with Crippen LogP contribution in [0.25, 0.3) is 0 Å². The molecule has 1 N–H and O–H groups in total. The van der Waals surface area contributed by atoms with Crippen LogP contribution in [0.5, 0.6) is 5.75 Å². The van der Waals surface area contributed by atoms with Crippen LogP contribution >= 0.6 is 24.0 Å². The first kappa shape index (κ1) is 22.1. The lowest BCUT2D eigenvalue weighted by Gasteiger charge is -2.32. The Morgan fingerprint density at radius 1 is 1.26 bits per heavy atom. The maximum atomic E-state index is 13.2. The number of ether oxygens (including phenoxy) is 2. The molecule has 27 heavy (non-hydrogen) atoms.